The van der Waals surface area contributed by atoms with Crippen molar-refractivity contribution in [3.8, 4) is 5.75 Å². The number of carbonyl (C=O) groups excluding carboxylic acids is 4. The summed E-state index contributed by atoms with van der Waals surface area (Å²) in [5.74, 6) is 12.6. The number of aromatic nitrogens is 7. The molecule has 0 radical (unpaired) electrons. The SMILES string of the molecule is C[C@@H]1C[C@H](C(=O)COc2ccc(F)cc2F)[C@@]2(C)CC[C@H]3[C@@H](CC[C@@H]4C[C@](C)(O)CC[C@@H]43)[C@H]12.C[C@@H]1C[C@H](C(=O)Cn2nc3ccc(F)cc3n2)[C@@]2(C)CC[C@H]3[C@@H](CC[C@@H]4C[C@](C)(O)CC[C@@H]43)[C@H]12.[C-]#[N+]c1cn(CC(=O)[C@H]2C[C@@H](C)[C@H]3[C@@H]4CC[C@@H]5C[C@](C)(O)CC[C@@H]5[C@H]4CC[C@@]32C)nc1F.[C-]#[N+]c1cnn(CC(=O)[C@H]2C[C@@H](C)[C@H]3[C@@H]4CC[C@@H]5C[C@](C)(O)CC[C@@H]5[C@H]4CC[C@@]32C)c1F. The zero-order chi connectivity index (χ0) is 93.0. The maximum absolute atomic E-state index is 14.3. The van der Waals surface area contributed by atoms with Crippen LogP contribution in [0.25, 0.3) is 20.7 Å². The fourth-order valence-corrected chi connectivity index (χ4v) is 36.2. The highest BCUT2D eigenvalue weighted by molar-refractivity contribution is 5.85. The van der Waals surface area contributed by atoms with Crippen LogP contribution in [0.5, 0.6) is 5.75 Å². The van der Waals surface area contributed by atoms with Gasteiger partial charge in [-0.15, -0.1) is 0 Å². The van der Waals surface area contributed by atoms with Crippen molar-refractivity contribution in [3.05, 3.63) is 101 Å². The van der Waals surface area contributed by atoms with E-state index in [0.717, 1.165) is 193 Å². The molecule has 0 bridgehead atoms. The summed E-state index contributed by atoms with van der Waals surface area (Å²) in [6.45, 7) is 40.8. The topological polar surface area (TPSA) is 233 Å². The van der Waals surface area contributed by atoms with Crippen LogP contribution in [0.4, 0.5) is 33.3 Å². The van der Waals surface area contributed by atoms with E-state index in [1.807, 2.05) is 27.7 Å². The van der Waals surface area contributed by atoms with E-state index in [1.54, 1.807) is 6.07 Å². The van der Waals surface area contributed by atoms with Gasteiger partial charge in [0.2, 0.25) is 11.9 Å². The molecule has 2 aromatic carbocycles. The molecule has 16 aliphatic rings. The molecule has 0 aliphatic heterocycles. The highest BCUT2D eigenvalue weighted by atomic mass is 19.1. The van der Waals surface area contributed by atoms with Gasteiger partial charge in [-0.1, -0.05) is 55.4 Å². The van der Waals surface area contributed by atoms with Gasteiger partial charge < -0.3 is 25.2 Å². The average molecular weight is 1810 g/mol. The summed E-state index contributed by atoms with van der Waals surface area (Å²) in [6.07, 6.45) is 37.1. The van der Waals surface area contributed by atoms with Crippen molar-refractivity contribution in [1.82, 2.24) is 34.6 Å². The Morgan fingerprint density at radius 1 is 0.412 bits per heavy atom. The van der Waals surface area contributed by atoms with Gasteiger partial charge in [0.05, 0.1) is 48.3 Å². The summed E-state index contributed by atoms with van der Waals surface area (Å²) >= 11 is 0. The minimum atomic E-state index is -0.791. The Morgan fingerprint density at radius 3 is 1.14 bits per heavy atom. The number of rotatable bonds is 13. The third kappa shape index (κ3) is 17.5. The van der Waals surface area contributed by atoms with Gasteiger partial charge in [-0.25, -0.2) is 27.5 Å². The van der Waals surface area contributed by atoms with Crippen LogP contribution >= 0.6 is 0 Å². The van der Waals surface area contributed by atoms with Gasteiger partial charge in [-0.3, -0.25) is 23.9 Å². The molecule has 23 heteroatoms. The quantitative estimate of drug-likeness (QED) is 0.0635. The van der Waals surface area contributed by atoms with Crippen LogP contribution in [-0.4, -0.2) is 107 Å². The third-order valence-electron chi connectivity index (χ3n) is 41.0. The van der Waals surface area contributed by atoms with Gasteiger partial charge in [0.1, 0.15) is 42.4 Å². The molecular formula is C108H148F5N9O9. The summed E-state index contributed by atoms with van der Waals surface area (Å²) < 4.78 is 76.7. The van der Waals surface area contributed by atoms with Gasteiger partial charge in [-0.05, 0) is 421 Å². The third-order valence-corrected chi connectivity index (χ3v) is 41.0. The van der Waals surface area contributed by atoms with Crippen molar-refractivity contribution in [1.29, 1.82) is 0 Å². The lowest BCUT2D eigenvalue weighted by Crippen LogP contribution is -2.52. The van der Waals surface area contributed by atoms with Crippen LogP contribution < -0.4 is 4.74 Å². The van der Waals surface area contributed by atoms with Crippen molar-refractivity contribution in [2.24, 2.45) is 187 Å². The molecule has 16 fully saturated rings. The number of hydrogen-bond acceptors (Lipinski definition) is 13. The molecule has 36 atom stereocenters. The van der Waals surface area contributed by atoms with Gasteiger partial charge in [-0.2, -0.15) is 34.0 Å². The van der Waals surface area contributed by atoms with E-state index in [0.29, 0.717) is 106 Å². The Kier molecular flexibility index (Phi) is 25.7. The Labute approximate surface area is 773 Å². The van der Waals surface area contributed by atoms with Crippen LogP contribution in [-0.2, 0) is 38.8 Å². The van der Waals surface area contributed by atoms with Crippen molar-refractivity contribution < 1.29 is 66.3 Å². The molecule has 3 aromatic heterocycles. The number of Topliss-reactive ketones (excluding diaryl/α,β-unsaturated/α-hetero) is 4. The number of ether oxygens (including phenoxy) is 1. The molecule has 0 amide bonds. The lowest BCUT2D eigenvalue weighted by Gasteiger charge is -2.57. The Hall–Kier alpha value is -6.79. The number of fused-ring (bicyclic) bond motifs is 21. The molecule has 18 nitrogen and oxygen atoms in total. The van der Waals surface area contributed by atoms with E-state index < -0.39 is 45.9 Å². The largest absolute Gasteiger partial charge is 0.483 e. The summed E-state index contributed by atoms with van der Waals surface area (Å²) in [5, 5.41) is 59.0. The lowest BCUT2D eigenvalue weighted by atomic mass is 9.48. The lowest BCUT2D eigenvalue weighted by molar-refractivity contribution is -0.135. The fourth-order valence-electron chi connectivity index (χ4n) is 36.2. The predicted octanol–water partition coefficient (Wildman–Crippen LogP) is 22.4. The first-order valence-electron chi connectivity index (χ1n) is 51.3. The second-order valence-corrected chi connectivity index (χ2v) is 48.9. The second kappa shape index (κ2) is 35.6. The second-order valence-electron chi connectivity index (χ2n) is 48.9. The van der Waals surface area contributed by atoms with E-state index in [4.69, 9.17) is 17.9 Å². The first-order valence-corrected chi connectivity index (χ1v) is 51.3. The molecule has 131 heavy (non-hydrogen) atoms. The number of benzene rings is 2. The van der Waals surface area contributed by atoms with E-state index >= 15 is 0 Å². The molecule has 0 spiro atoms. The molecule has 21 rings (SSSR count). The maximum Gasteiger partial charge on any atom is 0.259 e. The number of aliphatic hydroxyl groups is 4. The van der Waals surface area contributed by atoms with E-state index in [1.165, 1.54) is 117 Å². The van der Waals surface area contributed by atoms with Gasteiger partial charge >= 0.3 is 0 Å². The van der Waals surface area contributed by atoms with Crippen molar-refractivity contribution in [3.63, 3.8) is 0 Å². The van der Waals surface area contributed by atoms with E-state index in [9.17, 15) is 61.6 Å². The van der Waals surface area contributed by atoms with Gasteiger partial charge in [0, 0.05) is 42.0 Å². The number of nitrogens with zero attached hydrogens (tertiary/aromatic N) is 9. The smallest absolute Gasteiger partial charge is 0.259 e. The predicted molar refractivity (Wildman–Crippen MR) is 489 cm³/mol. The molecule has 16 aliphatic carbocycles. The standard InChI is InChI=1S/C28H38F2O3.C28H38FN3O2.2C26H36FN3O2/c1-16-12-22(24(31)15-33-25-7-5-18(29)13-23(25)30)28(3)11-9-20-19-8-10-27(2,32)14-17(19)4-6-21(20)26(16)28;1-16-12-22(25(33)15-32-30-23-7-5-18(29)13-24(23)31-32)28(3)11-9-20-19-8-10-27(2,34)14-17(19)4-6-21(20)26(16)28;1-15-11-20(22(31)14-30-13-21(28-4)24(27)29-30)26(3)10-8-18-17-7-9-25(2,32)12-16(17)5-6-19(18)23(15)26;1-15-11-20(22(31)14-30-24(27)21(28-4)13-29-30)26(3)10-8-18-17-7-9-25(2,32)12-16(17)5-6-19(18)23(15)26/h5,7,13,16-17,19-22,26,32H,4,6,8-12,14-15H2,1-3H3;5,7,13,16-17,19-22,26,34H,4,6,8-12,14-15H2,1-3H3;2*13,15-20,23,32H,5-12,14H2,1-3H3/t2*16-,17-,19+,20-,21-,22-,26+,27-,28-;2*15-,16-,17+,18-,19-,20-,23+,25-,26-/m1111/s1. The zero-order valence-electron chi connectivity index (χ0n) is 80.0. The number of ketones is 4. The fraction of sp³-hybridized carbons (Fsp3) is 0.778. The molecule has 5 aromatic rings. The molecular weight excluding hydrogens is 1660 g/mol. The van der Waals surface area contributed by atoms with Crippen LogP contribution in [0.2, 0.25) is 0 Å². The Bertz CT molecular complexity index is 5170. The molecule has 0 saturated heterocycles. The number of hydrogen-bond donors (Lipinski definition) is 4. The molecule has 16 saturated carbocycles. The molecule has 714 valence electrons. The Morgan fingerprint density at radius 2 is 0.763 bits per heavy atom. The van der Waals surface area contributed by atoms with Crippen molar-refractivity contribution in [2.45, 2.75) is 331 Å². The summed E-state index contributed by atoms with van der Waals surface area (Å²) in [6, 6.07) is 7.58. The first kappa shape index (κ1) is 94.6. The number of carbonyl (C=O) groups is 4. The Balaban J connectivity index is 0.000000117. The summed E-state index contributed by atoms with van der Waals surface area (Å²) in [7, 11) is 0. The number of halogens is 5. The average Bonchev–Trinajstić information content (AvgIpc) is 1.61. The molecule has 0 unspecified atom stereocenters. The highest BCUT2D eigenvalue weighted by Gasteiger charge is 2.67. The first-order chi connectivity index (χ1) is 62.0. The van der Waals surface area contributed by atoms with Crippen LogP contribution in [0, 0.1) is 230 Å². The van der Waals surface area contributed by atoms with E-state index in [-0.39, 0.29) is 118 Å². The van der Waals surface area contributed by atoms with Crippen LogP contribution in [0.1, 0.15) is 289 Å². The van der Waals surface area contributed by atoms with Gasteiger partial charge in [0.15, 0.2) is 34.7 Å². The monoisotopic (exact) mass is 1810 g/mol. The molecule has 4 N–H and O–H groups in total. The van der Waals surface area contributed by atoms with E-state index in [2.05, 4.69) is 85.5 Å². The van der Waals surface area contributed by atoms with Crippen molar-refractivity contribution >= 4 is 45.5 Å². The maximum atomic E-state index is 14.3. The van der Waals surface area contributed by atoms with Gasteiger partial charge in [0.25, 0.3) is 11.4 Å². The summed E-state index contributed by atoms with van der Waals surface area (Å²) in [5.41, 5.74) is -1.10. The minimum Gasteiger partial charge on any atom is -0.483 e. The van der Waals surface area contributed by atoms with Crippen LogP contribution in [0.15, 0.2) is 48.8 Å². The van der Waals surface area contributed by atoms with Crippen molar-refractivity contribution in [2.75, 3.05) is 6.61 Å². The highest BCUT2D eigenvalue weighted by Crippen LogP contribution is 2.72. The zero-order valence-corrected chi connectivity index (χ0v) is 80.0. The summed E-state index contributed by atoms with van der Waals surface area (Å²) in [4.78, 5) is 61.5. The minimum absolute atomic E-state index is 0.00100. The normalized spacial score (nSPS) is 44.8. The molecule has 3 heterocycles. The van der Waals surface area contributed by atoms with Crippen LogP contribution in [0.3, 0.4) is 0 Å².